The zero-order chi connectivity index (χ0) is 22.3. The number of amides is 1. The Hall–Kier alpha value is -3.20. The predicted molar refractivity (Wildman–Crippen MR) is 120 cm³/mol. The summed E-state index contributed by atoms with van der Waals surface area (Å²) in [6.45, 7) is 3.01. The zero-order valence-corrected chi connectivity index (χ0v) is 18.1. The quantitative estimate of drug-likeness (QED) is 0.543. The molecular weight excluding hydrogens is 409 g/mol. The summed E-state index contributed by atoms with van der Waals surface area (Å²) in [6, 6.07) is 6.21. The van der Waals surface area contributed by atoms with Crippen molar-refractivity contribution in [2.24, 2.45) is 23.0 Å². The van der Waals surface area contributed by atoms with E-state index < -0.39 is 16.8 Å². The van der Waals surface area contributed by atoms with E-state index in [2.05, 4.69) is 56.6 Å². The molecule has 4 aliphatic carbocycles. The van der Waals surface area contributed by atoms with E-state index in [-0.39, 0.29) is 23.6 Å². The first-order chi connectivity index (χ1) is 15.4. The summed E-state index contributed by atoms with van der Waals surface area (Å²) in [4.78, 5) is 25.0. The van der Waals surface area contributed by atoms with E-state index in [0.717, 1.165) is 37.9 Å². The van der Waals surface area contributed by atoms with Gasteiger partial charge in [0, 0.05) is 42.8 Å². The molecule has 32 heavy (non-hydrogen) atoms. The van der Waals surface area contributed by atoms with Crippen molar-refractivity contribution in [3.63, 3.8) is 0 Å². The summed E-state index contributed by atoms with van der Waals surface area (Å²) in [5, 5.41) is 6.37. The van der Waals surface area contributed by atoms with Gasteiger partial charge in [0.05, 0.1) is 17.2 Å². The Bertz CT molecular complexity index is 1150. The van der Waals surface area contributed by atoms with Crippen molar-refractivity contribution in [1.82, 2.24) is 14.9 Å². The van der Waals surface area contributed by atoms with Crippen molar-refractivity contribution in [1.29, 1.82) is 0 Å². The summed E-state index contributed by atoms with van der Waals surface area (Å²) in [5.74, 6) is -0.440. The molecular formula is C23H26FN7O. The second-order valence-electron chi connectivity index (χ2n) is 9.47. The Balaban J connectivity index is 1.18. The molecule has 4 N–H and O–H groups in total. The third kappa shape index (κ3) is 2.42. The first kappa shape index (κ1) is 19.5. The van der Waals surface area contributed by atoms with Crippen LogP contribution in [0, 0.1) is 23.1 Å². The molecule has 2 heterocycles. The van der Waals surface area contributed by atoms with Crippen LogP contribution >= 0.6 is 0 Å². The van der Waals surface area contributed by atoms with Crippen LogP contribution in [0.2, 0.25) is 0 Å². The van der Waals surface area contributed by atoms with Gasteiger partial charge in [0.1, 0.15) is 0 Å². The summed E-state index contributed by atoms with van der Waals surface area (Å²) < 4.78 is 14.5. The Morgan fingerprint density at radius 1 is 1.34 bits per heavy atom. The van der Waals surface area contributed by atoms with Gasteiger partial charge < -0.3 is 26.2 Å². The van der Waals surface area contributed by atoms with Gasteiger partial charge in [-0.1, -0.05) is 12.2 Å². The van der Waals surface area contributed by atoms with Gasteiger partial charge in [0.15, 0.2) is 11.6 Å². The molecule has 166 valence electrons. The molecule has 0 unspecified atom stereocenters. The molecule has 8 nitrogen and oxygen atoms in total. The Labute approximate surface area is 185 Å². The number of nitrogens with one attached hydrogen (secondary N) is 2. The number of likely N-dealkylation sites (N-methyl/N-ethyl adjacent to an activating group) is 1. The van der Waals surface area contributed by atoms with Crippen LogP contribution in [0.1, 0.15) is 5.56 Å². The van der Waals surface area contributed by atoms with E-state index in [1.165, 1.54) is 11.3 Å². The largest absolute Gasteiger partial charge is 0.370 e. The molecule has 1 aromatic carbocycles. The van der Waals surface area contributed by atoms with E-state index in [1.54, 1.807) is 0 Å². The van der Waals surface area contributed by atoms with Crippen molar-refractivity contribution >= 4 is 29.0 Å². The molecule has 1 aromatic heterocycles. The van der Waals surface area contributed by atoms with Crippen LogP contribution in [0.25, 0.3) is 0 Å². The Kier molecular flexibility index (Phi) is 3.90. The lowest BCUT2D eigenvalue weighted by Gasteiger charge is -2.21. The van der Waals surface area contributed by atoms with E-state index in [0.29, 0.717) is 5.95 Å². The number of hydrogen-bond acceptors (Lipinski definition) is 7. The van der Waals surface area contributed by atoms with Gasteiger partial charge in [0.25, 0.3) is 0 Å². The number of aromatic nitrogens is 2. The summed E-state index contributed by atoms with van der Waals surface area (Å²) in [5.41, 5.74) is 7.92. The van der Waals surface area contributed by atoms with Crippen molar-refractivity contribution in [3.8, 4) is 0 Å². The maximum Gasteiger partial charge on any atom is 0.229 e. The standard InChI is InChI=1S/C23H26FN7O/c1-30(2)9-10-31-8-7-13-11-14(3-4-16(13)31)27-21-26-12-15(24)19(28-21)29-23-17-5-6-18(23)22(17,23)20(25)32/h3-6,11-12,17-18H,7-10H2,1-2H3,(H2,25,32)(H2,26,27,28,29)/t17-,18-,22?,23?/m1/s1. The number of anilines is 4. The number of rotatable bonds is 8. The highest BCUT2D eigenvalue weighted by Crippen LogP contribution is 2.91. The van der Waals surface area contributed by atoms with Gasteiger partial charge in [-0.05, 0) is 44.3 Å². The number of carbonyl (C=O) groups excluding carboxylic acids is 1. The SMILES string of the molecule is CN(C)CCN1CCc2cc(Nc3ncc(F)c(NC45[C@@H]6C=C[C@@H]4C65C(N)=O)n3)ccc21. The molecule has 1 amide bonds. The van der Waals surface area contributed by atoms with Crippen LogP contribution in [0.15, 0.2) is 36.5 Å². The van der Waals surface area contributed by atoms with Gasteiger partial charge in [-0.25, -0.2) is 9.37 Å². The highest BCUT2D eigenvalue weighted by molar-refractivity contribution is 5.99. The molecule has 2 fully saturated rings. The van der Waals surface area contributed by atoms with Crippen molar-refractivity contribution in [2.45, 2.75) is 12.0 Å². The van der Waals surface area contributed by atoms with Crippen LogP contribution in [0.4, 0.5) is 27.5 Å². The second-order valence-corrected chi connectivity index (χ2v) is 9.47. The Morgan fingerprint density at radius 2 is 2.12 bits per heavy atom. The minimum atomic E-state index is -0.601. The maximum absolute atomic E-state index is 14.5. The number of nitrogens with zero attached hydrogens (tertiary/aromatic N) is 4. The molecule has 2 atom stereocenters. The zero-order valence-electron chi connectivity index (χ0n) is 18.1. The second kappa shape index (κ2) is 6.41. The molecule has 2 saturated carbocycles. The third-order valence-electron chi connectivity index (χ3n) is 7.60. The van der Waals surface area contributed by atoms with Gasteiger partial charge in [-0.2, -0.15) is 4.98 Å². The minimum Gasteiger partial charge on any atom is -0.370 e. The number of hydrogen-bond donors (Lipinski definition) is 3. The first-order valence-electron chi connectivity index (χ1n) is 11.0. The highest BCUT2D eigenvalue weighted by atomic mass is 19.1. The predicted octanol–water partition coefficient (Wildman–Crippen LogP) is 1.74. The minimum absolute atomic E-state index is 0.0235. The van der Waals surface area contributed by atoms with E-state index in [9.17, 15) is 9.18 Å². The molecule has 9 heteroatoms. The lowest BCUT2D eigenvalue weighted by Crippen LogP contribution is -2.30. The molecule has 7 rings (SSSR count). The van der Waals surface area contributed by atoms with Crippen LogP contribution in [0.3, 0.4) is 0 Å². The van der Waals surface area contributed by atoms with Gasteiger partial charge in [-0.3, -0.25) is 4.79 Å². The topological polar surface area (TPSA) is 99.4 Å². The maximum atomic E-state index is 14.5. The Morgan fingerprint density at radius 3 is 2.81 bits per heavy atom. The van der Waals surface area contributed by atoms with E-state index >= 15 is 0 Å². The number of carbonyl (C=O) groups is 1. The number of benzene rings is 1. The fraction of sp³-hybridized carbons (Fsp3) is 0.435. The molecule has 1 aliphatic heterocycles. The highest BCUT2D eigenvalue weighted by Gasteiger charge is 3.02. The van der Waals surface area contributed by atoms with Crippen LogP contribution in [0.5, 0.6) is 0 Å². The monoisotopic (exact) mass is 435 g/mol. The molecule has 2 bridgehead atoms. The van der Waals surface area contributed by atoms with Crippen molar-refractivity contribution in [3.05, 3.63) is 47.9 Å². The van der Waals surface area contributed by atoms with Gasteiger partial charge in [-0.15, -0.1) is 0 Å². The fourth-order valence-electron chi connectivity index (χ4n) is 5.93. The number of nitrogens with two attached hydrogens (primary N) is 1. The molecule has 2 aromatic rings. The summed E-state index contributed by atoms with van der Waals surface area (Å²) >= 11 is 0. The van der Waals surface area contributed by atoms with E-state index in [4.69, 9.17) is 5.73 Å². The summed E-state index contributed by atoms with van der Waals surface area (Å²) in [6.07, 6.45) is 6.12. The van der Waals surface area contributed by atoms with Crippen molar-refractivity contribution < 1.29 is 9.18 Å². The smallest absolute Gasteiger partial charge is 0.229 e. The van der Waals surface area contributed by atoms with Gasteiger partial charge >= 0.3 is 0 Å². The van der Waals surface area contributed by atoms with Crippen LogP contribution < -0.4 is 21.3 Å². The third-order valence-corrected chi connectivity index (χ3v) is 7.60. The molecule has 0 radical (unpaired) electrons. The average molecular weight is 436 g/mol. The van der Waals surface area contributed by atoms with Crippen LogP contribution in [-0.4, -0.2) is 60.0 Å². The number of primary amides is 1. The fourth-order valence-corrected chi connectivity index (χ4v) is 5.93. The number of halogens is 1. The normalized spacial score (nSPS) is 30.3. The van der Waals surface area contributed by atoms with Crippen molar-refractivity contribution in [2.75, 3.05) is 49.3 Å². The summed E-state index contributed by atoms with van der Waals surface area (Å²) in [7, 11) is 4.16. The average Bonchev–Trinajstić information content (AvgIpc) is 3.20. The molecule has 5 aliphatic rings. The lowest BCUT2D eigenvalue weighted by molar-refractivity contribution is -0.121. The lowest BCUT2D eigenvalue weighted by atomic mass is 10.0. The number of fused-ring (bicyclic) bond motifs is 1. The molecule has 0 saturated heterocycles. The first-order valence-corrected chi connectivity index (χ1v) is 11.0. The van der Waals surface area contributed by atoms with E-state index in [1.807, 2.05) is 18.2 Å². The van der Waals surface area contributed by atoms with Gasteiger partial charge in [0.2, 0.25) is 11.9 Å². The molecule has 0 spiro atoms. The van der Waals surface area contributed by atoms with Crippen LogP contribution in [-0.2, 0) is 11.2 Å².